The smallest absolute Gasteiger partial charge is 0.252 e. The number of carbonyl (C=O) groups excluding carboxylic acids is 1. The van der Waals surface area contributed by atoms with Crippen molar-refractivity contribution in [1.82, 2.24) is 20.4 Å². The first-order chi connectivity index (χ1) is 13.1. The fourth-order valence-corrected chi connectivity index (χ4v) is 2.95. The van der Waals surface area contributed by atoms with Gasteiger partial charge in [0.25, 0.3) is 5.91 Å². The first-order valence-electron chi connectivity index (χ1n) is 8.68. The second-order valence-electron chi connectivity index (χ2n) is 6.31. The fraction of sp³-hybridized carbons (Fsp3) is 0.143. The van der Waals surface area contributed by atoms with Crippen LogP contribution in [0.25, 0.3) is 22.2 Å². The van der Waals surface area contributed by atoms with Gasteiger partial charge < -0.3 is 9.84 Å². The van der Waals surface area contributed by atoms with Crippen molar-refractivity contribution < 1.29 is 9.32 Å². The van der Waals surface area contributed by atoms with Crippen molar-refractivity contribution in [2.75, 3.05) is 0 Å². The van der Waals surface area contributed by atoms with Gasteiger partial charge >= 0.3 is 0 Å². The summed E-state index contributed by atoms with van der Waals surface area (Å²) in [6.45, 7) is 3.55. The minimum Gasteiger partial charge on any atom is -0.340 e. The average Bonchev–Trinajstić information content (AvgIpc) is 3.14. The molecule has 0 spiro atoms. The third kappa shape index (κ3) is 3.42. The van der Waals surface area contributed by atoms with E-state index in [1.165, 1.54) is 0 Å². The lowest BCUT2D eigenvalue weighted by Crippen LogP contribution is -2.27. The molecule has 0 aliphatic heterocycles. The van der Waals surface area contributed by atoms with Crippen LogP contribution in [0.3, 0.4) is 0 Å². The predicted octanol–water partition coefficient (Wildman–Crippen LogP) is 4.08. The number of amides is 1. The summed E-state index contributed by atoms with van der Waals surface area (Å²) >= 11 is 0. The number of hydrogen-bond donors (Lipinski definition) is 1. The topological polar surface area (TPSA) is 80.9 Å². The van der Waals surface area contributed by atoms with Crippen molar-refractivity contribution in [2.24, 2.45) is 0 Å². The standard InChI is InChI=1S/C21H18N4O2/c1-13(21-23-14(2)25-27-21)22-20(26)17-12-19(15-8-4-3-5-9-15)24-18-11-7-6-10-16(17)18/h3-13H,1-2H3,(H,22,26). The summed E-state index contributed by atoms with van der Waals surface area (Å²) in [4.78, 5) is 21.9. The second-order valence-corrected chi connectivity index (χ2v) is 6.31. The van der Waals surface area contributed by atoms with Crippen molar-refractivity contribution in [3.8, 4) is 11.3 Å². The molecule has 1 amide bonds. The van der Waals surface area contributed by atoms with Gasteiger partial charge in [-0.2, -0.15) is 4.98 Å². The van der Waals surface area contributed by atoms with Gasteiger partial charge in [-0.1, -0.05) is 53.7 Å². The predicted molar refractivity (Wildman–Crippen MR) is 102 cm³/mol. The molecular formula is C21H18N4O2. The maximum absolute atomic E-state index is 13.0. The van der Waals surface area contributed by atoms with Crippen LogP contribution in [0.5, 0.6) is 0 Å². The minimum absolute atomic E-state index is 0.214. The van der Waals surface area contributed by atoms with Gasteiger partial charge in [-0.25, -0.2) is 4.98 Å². The molecule has 0 fully saturated rings. The molecule has 4 aromatic rings. The van der Waals surface area contributed by atoms with Crippen LogP contribution in [0.1, 0.15) is 35.0 Å². The van der Waals surface area contributed by atoms with Gasteiger partial charge in [-0.05, 0) is 26.0 Å². The number of pyridine rings is 1. The van der Waals surface area contributed by atoms with Crippen LogP contribution >= 0.6 is 0 Å². The molecule has 2 aromatic heterocycles. The molecule has 2 aromatic carbocycles. The van der Waals surface area contributed by atoms with Gasteiger partial charge in [0.2, 0.25) is 5.89 Å². The summed E-state index contributed by atoms with van der Waals surface area (Å²) in [5, 5.41) is 7.50. The number of benzene rings is 2. The summed E-state index contributed by atoms with van der Waals surface area (Å²) < 4.78 is 5.16. The van der Waals surface area contributed by atoms with Crippen LogP contribution in [-0.4, -0.2) is 21.0 Å². The van der Waals surface area contributed by atoms with Crippen molar-refractivity contribution >= 4 is 16.8 Å². The van der Waals surface area contributed by atoms with E-state index in [0.29, 0.717) is 17.3 Å². The number of aromatic nitrogens is 3. The van der Waals surface area contributed by atoms with Crippen molar-refractivity contribution in [1.29, 1.82) is 0 Å². The Balaban J connectivity index is 1.74. The molecule has 6 heteroatoms. The molecule has 0 aliphatic carbocycles. The summed E-state index contributed by atoms with van der Waals surface area (Å²) in [6, 6.07) is 18.8. The van der Waals surface area contributed by atoms with Crippen LogP contribution in [0.2, 0.25) is 0 Å². The van der Waals surface area contributed by atoms with Gasteiger partial charge in [0.05, 0.1) is 16.8 Å². The van der Waals surface area contributed by atoms with Gasteiger partial charge in [-0.3, -0.25) is 4.79 Å². The lowest BCUT2D eigenvalue weighted by Gasteiger charge is -2.13. The first kappa shape index (κ1) is 16.9. The highest BCUT2D eigenvalue weighted by Gasteiger charge is 2.19. The molecule has 1 atom stereocenters. The summed E-state index contributed by atoms with van der Waals surface area (Å²) in [6.07, 6.45) is 0. The average molecular weight is 358 g/mol. The molecule has 1 N–H and O–H groups in total. The highest BCUT2D eigenvalue weighted by atomic mass is 16.5. The number of hydrogen-bond acceptors (Lipinski definition) is 5. The normalized spacial score (nSPS) is 12.1. The highest BCUT2D eigenvalue weighted by molar-refractivity contribution is 6.07. The molecular weight excluding hydrogens is 340 g/mol. The molecule has 6 nitrogen and oxygen atoms in total. The third-order valence-corrected chi connectivity index (χ3v) is 4.29. The molecule has 0 saturated carbocycles. The highest BCUT2D eigenvalue weighted by Crippen LogP contribution is 2.25. The van der Waals surface area contributed by atoms with Crippen molar-refractivity contribution in [3.63, 3.8) is 0 Å². The van der Waals surface area contributed by atoms with E-state index in [1.807, 2.05) is 67.6 Å². The molecule has 2 heterocycles. The lowest BCUT2D eigenvalue weighted by atomic mass is 10.0. The van der Waals surface area contributed by atoms with E-state index < -0.39 is 6.04 Å². The lowest BCUT2D eigenvalue weighted by molar-refractivity contribution is 0.0934. The Morgan fingerprint density at radius 2 is 1.78 bits per heavy atom. The maximum Gasteiger partial charge on any atom is 0.252 e. The Bertz CT molecular complexity index is 1110. The van der Waals surface area contributed by atoms with Crippen molar-refractivity contribution in [3.05, 3.63) is 77.9 Å². The van der Waals surface area contributed by atoms with Gasteiger partial charge in [-0.15, -0.1) is 0 Å². The van der Waals surface area contributed by atoms with E-state index in [1.54, 1.807) is 6.92 Å². The molecule has 0 bridgehead atoms. The van der Waals surface area contributed by atoms with Gasteiger partial charge in [0.15, 0.2) is 5.82 Å². The largest absolute Gasteiger partial charge is 0.340 e. The number of fused-ring (bicyclic) bond motifs is 1. The van der Waals surface area contributed by atoms with E-state index in [-0.39, 0.29) is 5.91 Å². The summed E-state index contributed by atoms with van der Waals surface area (Å²) in [5.74, 6) is 0.698. The monoisotopic (exact) mass is 358 g/mol. The van der Waals surface area contributed by atoms with E-state index >= 15 is 0 Å². The quantitative estimate of drug-likeness (QED) is 0.594. The SMILES string of the molecule is Cc1noc(C(C)NC(=O)c2cc(-c3ccccc3)nc3ccccc23)n1. The zero-order valence-electron chi connectivity index (χ0n) is 15.0. The minimum atomic E-state index is -0.397. The molecule has 0 radical (unpaired) electrons. The van der Waals surface area contributed by atoms with Crippen LogP contribution in [0.15, 0.2) is 65.2 Å². The molecule has 4 rings (SSSR count). The number of rotatable bonds is 4. The summed E-state index contributed by atoms with van der Waals surface area (Å²) in [5.41, 5.74) is 3.03. The molecule has 0 saturated heterocycles. The Labute approximate surface area is 156 Å². The Morgan fingerprint density at radius 1 is 1.04 bits per heavy atom. The van der Waals surface area contributed by atoms with E-state index in [4.69, 9.17) is 9.51 Å². The van der Waals surface area contributed by atoms with E-state index in [2.05, 4.69) is 15.5 Å². The van der Waals surface area contributed by atoms with Crippen LogP contribution in [-0.2, 0) is 0 Å². The van der Waals surface area contributed by atoms with Crippen LogP contribution < -0.4 is 5.32 Å². The van der Waals surface area contributed by atoms with Gasteiger partial charge in [0, 0.05) is 10.9 Å². The number of nitrogens with zero attached hydrogens (tertiary/aromatic N) is 3. The first-order valence-corrected chi connectivity index (χ1v) is 8.68. The molecule has 27 heavy (non-hydrogen) atoms. The zero-order chi connectivity index (χ0) is 18.8. The number of para-hydroxylation sites is 1. The van der Waals surface area contributed by atoms with Crippen LogP contribution in [0, 0.1) is 6.92 Å². The molecule has 1 unspecified atom stereocenters. The summed E-state index contributed by atoms with van der Waals surface area (Å²) in [7, 11) is 0. The number of aryl methyl sites for hydroxylation is 1. The molecule has 134 valence electrons. The Kier molecular flexibility index (Phi) is 4.38. The molecule has 0 aliphatic rings. The zero-order valence-corrected chi connectivity index (χ0v) is 15.0. The maximum atomic E-state index is 13.0. The fourth-order valence-electron chi connectivity index (χ4n) is 2.95. The Morgan fingerprint density at radius 3 is 2.52 bits per heavy atom. The van der Waals surface area contributed by atoms with E-state index in [9.17, 15) is 4.79 Å². The third-order valence-electron chi connectivity index (χ3n) is 4.29. The Hall–Kier alpha value is -3.54. The van der Waals surface area contributed by atoms with Crippen LogP contribution in [0.4, 0.5) is 0 Å². The number of carbonyl (C=O) groups is 1. The van der Waals surface area contributed by atoms with Gasteiger partial charge in [0.1, 0.15) is 6.04 Å². The second kappa shape index (κ2) is 6.99. The number of nitrogens with one attached hydrogen (secondary N) is 1. The van der Waals surface area contributed by atoms with Crippen molar-refractivity contribution in [2.45, 2.75) is 19.9 Å². The van der Waals surface area contributed by atoms with E-state index in [0.717, 1.165) is 22.2 Å².